The van der Waals surface area contributed by atoms with Crippen LogP contribution in [0.4, 0.5) is 5.82 Å². The number of methoxy groups -OCH3 is 1. The molecule has 0 radical (unpaired) electrons. The molecule has 0 fully saturated rings. The lowest BCUT2D eigenvalue weighted by molar-refractivity contribution is -0.121. The molecular formula is C15H16N2O3. The fourth-order valence-electron chi connectivity index (χ4n) is 1.60. The first kappa shape index (κ1) is 14.0. The van der Waals surface area contributed by atoms with Crippen LogP contribution >= 0.6 is 0 Å². The Bertz CT molecular complexity index is 541. The molecule has 0 unspecified atom stereocenters. The number of hydrogen-bond acceptors (Lipinski definition) is 4. The fraction of sp³-hybridized carbons (Fsp3) is 0.200. The lowest BCUT2D eigenvalue weighted by Crippen LogP contribution is -2.18. The van der Waals surface area contributed by atoms with Crippen LogP contribution in [0.2, 0.25) is 0 Å². The van der Waals surface area contributed by atoms with Crippen LogP contribution in [0.5, 0.6) is 5.75 Å². The van der Waals surface area contributed by atoms with E-state index in [1.54, 1.807) is 31.5 Å². The molecule has 0 spiro atoms. The van der Waals surface area contributed by atoms with Crippen LogP contribution in [0.25, 0.3) is 0 Å². The average molecular weight is 272 g/mol. The van der Waals surface area contributed by atoms with E-state index in [1.165, 1.54) is 0 Å². The van der Waals surface area contributed by atoms with Crippen molar-refractivity contribution in [2.24, 2.45) is 0 Å². The van der Waals surface area contributed by atoms with Crippen LogP contribution < -0.4 is 10.1 Å². The number of carbonyl (C=O) groups is 1. The van der Waals surface area contributed by atoms with Crippen LogP contribution in [0.1, 0.15) is 5.56 Å². The van der Waals surface area contributed by atoms with Gasteiger partial charge in [0.15, 0.2) is 0 Å². The smallest absolute Gasteiger partial charge is 0.251 e. The molecule has 104 valence electrons. The van der Waals surface area contributed by atoms with Crippen molar-refractivity contribution in [3.8, 4) is 5.75 Å². The van der Waals surface area contributed by atoms with E-state index in [2.05, 4.69) is 10.3 Å². The van der Waals surface area contributed by atoms with E-state index in [-0.39, 0.29) is 12.5 Å². The minimum atomic E-state index is -0.225. The maximum atomic E-state index is 11.6. The molecule has 5 heteroatoms. The summed E-state index contributed by atoms with van der Waals surface area (Å²) in [6.07, 6.45) is 1.62. The summed E-state index contributed by atoms with van der Waals surface area (Å²) in [4.78, 5) is 15.6. The van der Waals surface area contributed by atoms with Gasteiger partial charge in [0.2, 0.25) is 0 Å². The molecule has 1 aromatic heterocycles. The summed E-state index contributed by atoms with van der Waals surface area (Å²) < 4.78 is 10.4. The maximum Gasteiger partial charge on any atom is 0.251 e. The molecule has 0 atom stereocenters. The molecule has 2 aromatic rings. The van der Waals surface area contributed by atoms with Gasteiger partial charge in [0.05, 0.1) is 13.7 Å². The first-order valence-electron chi connectivity index (χ1n) is 6.19. The van der Waals surface area contributed by atoms with Crippen molar-refractivity contribution in [2.75, 3.05) is 19.0 Å². The molecular weight excluding hydrogens is 256 g/mol. The molecule has 5 nitrogen and oxygen atoms in total. The van der Waals surface area contributed by atoms with E-state index in [0.717, 1.165) is 11.3 Å². The standard InChI is InChI=1S/C15H16N2O3/c1-19-13-7-5-12(6-8-13)10-20-11-15(18)17-14-4-2-3-9-16-14/h2-9H,10-11H2,1H3,(H,16,17,18). The van der Waals surface area contributed by atoms with E-state index in [4.69, 9.17) is 9.47 Å². The third-order valence-corrected chi connectivity index (χ3v) is 2.59. The number of amides is 1. The summed E-state index contributed by atoms with van der Waals surface area (Å²) >= 11 is 0. The highest BCUT2D eigenvalue weighted by atomic mass is 16.5. The number of nitrogens with one attached hydrogen (secondary N) is 1. The van der Waals surface area contributed by atoms with Gasteiger partial charge in [-0.3, -0.25) is 4.79 Å². The van der Waals surface area contributed by atoms with Gasteiger partial charge in [0.1, 0.15) is 18.2 Å². The predicted molar refractivity (Wildman–Crippen MR) is 75.5 cm³/mol. The fourth-order valence-corrected chi connectivity index (χ4v) is 1.60. The molecule has 1 amide bonds. The Morgan fingerprint density at radius 2 is 2.00 bits per heavy atom. The molecule has 1 N–H and O–H groups in total. The number of aromatic nitrogens is 1. The zero-order chi connectivity index (χ0) is 14.2. The second kappa shape index (κ2) is 7.25. The number of nitrogens with zero attached hydrogens (tertiary/aromatic N) is 1. The predicted octanol–water partition coefficient (Wildman–Crippen LogP) is 2.25. The van der Waals surface area contributed by atoms with Crippen LogP contribution in [-0.2, 0) is 16.1 Å². The maximum absolute atomic E-state index is 11.6. The van der Waals surface area contributed by atoms with Gasteiger partial charge in [-0.1, -0.05) is 18.2 Å². The summed E-state index contributed by atoms with van der Waals surface area (Å²) in [5, 5.41) is 2.65. The number of anilines is 1. The number of ether oxygens (including phenoxy) is 2. The number of benzene rings is 1. The summed E-state index contributed by atoms with van der Waals surface area (Å²) in [5.41, 5.74) is 0.983. The van der Waals surface area contributed by atoms with Gasteiger partial charge in [0.25, 0.3) is 5.91 Å². The van der Waals surface area contributed by atoms with Gasteiger partial charge in [-0.2, -0.15) is 0 Å². The quantitative estimate of drug-likeness (QED) is 0.876. The third kappa shape index (κ3) is 4.37. The second-order valence-electron chi connectivity index (χ2n) is 4.10. The molecule has 1 aromatic carbocycles. The first-order chi connectivity index (χ1) is 9.78. The van der Waals surface area contributed by atoms with Gasteiger partial charge in [0, 0.05) is 6.20 Å². The molecule has 0 aliphatic carbocycles. The van der Waals surface area contributed by atoms with E-state index < -0.39 is 0 Å². The average Bonchev–Trinajstić information content (AvgIpc) is 2.49. The summed E-state index contributed by atoms with van der Waals surface area (Å²) in [5.74, 6) is 1.09. The monoisotopic (exact) mass is 272 g/mol. The largest absolute Gasteiger partial charge is 0.497 e. The molecule has 20 heavy (non-hydrogen) atoms. The lowest BCUT2D eigenvalue weighted by atomic mass is 10.2. The van der Waals surface area contributed by atoms with Crippen molar-refractivity contribution < 1.29 is 14.3 Å². The lowest BCUT2D eigenvalue weighted by Gasteiger charge is -2.06. The summed E-state index contributed by atoms with van der Waals surface area (Å²) in [6, 6.07) is 12.8. The van der Waals surface area contributed by atoms with Crippen LogP contribution in [0, 0.1) is 0 Å². The third-order valence-electron chi connectivity index (χ3n) is 2.59. The Kier molecular flexibility index (Phi) is 5.08. The molecule has 2 rings (SSSR count). The molecule has 0 aliphatic rings. The molecule has 1 heterocycles. The molecule has 0 saturated heterocycles. The van der Waals surface area contributed by atoms with Crippen molar-refractivity contribution in [1.29, 1.82) is 0 Å². The van der Waals surface area contributed by atoms with Gasteiger partial charge in [-0.05, 0) is 29.8 Å². The van der Waals surface area contributed by atoms with Crippen molar-refractivity contribution in [1.82, 2.24) is 4.98 Å². The Hall–Kier alpha value is -2.40. The Labute approximate surface area is 117 Å². The Morgan fingerprint density at radius 3 is 2.65 bits per heavy atom. The number of pyridine rings is 1. The second-order valence-corrected chi connectivity index (χ2v) is 4.10. The minimum absolute atomic E-state index is 0.0113. The van der Waals surface area contributed by atoms with Crippen molar-refractivity contribution >= 4 is 11.7 Å². The number of carbonyl (C=O) groups excluding carboxylic acids is 1. The van der Waals surface area contributed by atoms with Crippen molar-refractivity contribution in [3.05, 3.63) is 54.2 Å². The zero-order valence-electron chi connectivity index (χ0n) is 11.2. The highest BCUT2D eigenvalue weighted by Gasteiger charge is 2.03. The van der Waals surface area contributed by atoms with Gasteiger partial charge in [-0.25, -0.2) is 4.98 Å². The van der Waals surface area contributed by atoms with Gasteiger partial charge in [-0.15, -0.1) is 0 Å². The van der Waals surface area contributed by atoms with Crippen LogP contribution in [-0.4, -0.2) is 24.6 Å². The van der Waals surface area contributed by atoms with Gasteiger partial charge >= 0.3 is 0 Å². The van der Waals surface area contributed by atoms with E-state index in [0.29, 0.717) is 12.4 Å². The molecule has 0 aliphatic heterocycles. The highest BCUT2D eigenvalue weighted by molar-refractivity contribution is 5.90. The first-order valence-corrected chi connectivity index (χ1v) is 6.19. The highest BCUT2D eigenvalue weighted by Crippen LogP contribution is 2.11. The summed E-state index contributed by atoms with van der Waals surface area (Å²) in [7, 11) is 1.62. The zero-order valence-corrected chi connectivity index (χ0v) is 11.2. The van der Waals surface area contributed by atoms with E-state index in [1.807, 2.05) is 24.3 Å². The summed E-state index contributed by atoms with van der Waals surface area (Å²) in [6.45, 7) is 0.363. The number of hydrogen-bond donors (Lipinski definition) is 1. The number of rotatable bonds is 6. The van der Waals surface area contributed by atoms with E-state index in [9.17, 15) is 4.79 Å². The topological polar surface area (TPSA) is 60.5 Å². The Morgan fingerprint density at radius 1 is 1.20 bits per heavy atom. The SMILES string of the molecule is COc1ccc(COCC(=O)Nc2ccccn2)cc1. The van der Waals surface area contributed by atoms with Crippen molar-refractivity contribution in [2.45, 2.75) is 6.61 Å². The van der Waals surface area contributed by atoms with Crippen LogP contribution in [0.3, 0.4) is 0 Å². The molecule has 0 bridgehead atoms. The van der Waals surface area contributed by atoms with Crippen LogP contribution in [0.15, 0.2) is 48.7 Å². The minimum Gasteiger partial charge on any atom is -0.497 e. The molecule has 0 saturated carbocycles. The van der Waals surface area contributed by atoms with E-state index >= 15 is 0 Å². The van der Waals surface area contributed by atoms with Crippen molar-refractivity contribution in [3.63, 3.8) is 0 Å². The van der Waals surface area contributed by atoms with Gasteiger partial charge < -0.3 is 14.8 Å². The normalized spacial score (nSPS) is 10.1. The Balaban J connectivity index is 1.73.